The Hall–Kier alpha value is -1.02. The highest BCUT2D eigenvalue weighted by atomic mass is 35.5. The molecule has 1 aromatic carbocycles. The van der Waals surface area contributed by atoms with Crippen molar-refractivity contribution in [1.29, 1.82) is 0 Å². The molecule has 1 rings (SSSR count). The summed E-state index contributed by atoms with van der Waals surface area (Å²) in [6.45, 7) is 4.10. The molecule has 0 unspecified atom stereocenters. The van der Waals surface area contributed by atoms with Crippen LogP contribution in [0.15, 0.2) is 18.2 Å². The Morgan fingerprint density at radius 1 is 1.36 bits per heavy atom. The summed E-state index contributed by atoms with van der Waals surface area (Å²) in [7, 11) is 1.36. The van der Waals surface area contributed by atoms with Crippen LogP contribution in [0.5, 0.6) is 0 Å². The van der Waals surface area contributed by atoms with Gasteiger partial charge in [0, 0.05) is 5.02 Å². The Balaban J connectivity index is 3.13. The molecule has 0 aliphatic heterocycles. The number of carbonyl (C=O) groups excluding carboxylic acids is 1. The number of halogens is 1. The average Bonchev–Trinajstić information content (AvgIpc) is 2.15. The lowest BCUT2D eigenvalue weighted by molar-refractivity contribution is 0.0600. The summed E-state index contributed by atoms with van der Waals surface area (Å²) in [5, 5.41) is 0.566. The van der Waals surface area contributed by atoms with E-state index >= 15 is 0 Å². The molecule has 0 atom stereocenters. The van der Waals surface area contributed by atoms with Gasteiger partial charge in [0.05, 0.1) is 12.7 Å². The van der Waals surface area contributed by atoms with Gasteiger partial charge in [-0.15, -0.1) is 0 Å². The van der Waals surface area contributed by atoms with Crippen LogP contribution in [-0.4, -0.2) is 13.1 Å². The molecule has 0 aliphatic rings. The van der Waals surface area contributed by atoms with Crippen LogP contribution in [0.3, 0.4) is 0 Å². The van der Waals surface area contributed by atoms with Gasteiger partial charge in [-0.1, -0.05) is 25.4 Å². The molecule has 14 heavy (non-hydrogen) atoms. The van der Waals surface area contributed by atoms with E-state index in [9.17, 15) is 4.79 Å². The molecule has 0 aliphatic carbocycles. The fraction of sp³-hybridized carbons (Fsp3) is 0.364. The SMILES string of the molecule is COC(=O)c1cc(Cl)cc(C(C)C)c1. The van der Waals surface area contributed by atoms with E-state index in [4.69, 9.17) is 11.6 Å². The Labute approximate surface area is 88.8 Å². The second kappa shape index (κ2) is 4.47. The highest BCUT2D eigenvalue weighted by Crippen LogP contribution is 2.21. The molecule has 0 N–H and O–H groups in total. The first-order valence-corrected chi connectivity index (χ1v) is 4.81. The zero-order valence-electron chi connectivity index (χ0n) is 8.50. The first-order valence-electron chi connectivity index (χ1n) is 4.43. The molecule has 2 nitrogen and oxygen atoms in total. The number of carbonyl (C=O) groups is 1. The van der Waals surface area contributed by atoms with Crippen molar-refractivity contribution in [3.8, 4) is 0 Å². The van der Waals surface area contributed by atoms with Gasteiger partial charge in [0.1, 0.15) is 0 Å². The summed E-state index contributed by atoms with van der Waals surface area (Å²) in [6.07, 6.45) is 0. The fourth-order valence-corrected chi connectivity index (χ4v) is 1.42. The molecule has 0 amide bonds. The van der Waals surface area contributed by atoms with E-state index in [0.29, 0.717) is 16.5 Å². The van der Waals surface area contributed by atoms with Crippen molar-refractivity contribution in [2.45, 2.75) is 19.8 Å². The van der Waals surface area contributed by atoms with Gasteiger partial charge in [-0.05, 0) is 29.7 Å². The number of benzene rings is 1. The maximum atomic E-state index is 11.3. The topological polar surface area (TPSA) is 26.3 Å². The average molecular weight is 213 g/mol. The number of hydrogen-bond acceptors (Lipinski definition) is 2. The van der Waals surface area contributed by atoms with Crippen LogP contribution in [-0.2, 0) is 4.74 Å². The van der Waals surface area contributed by atoms with Crippen molar-refractivity contribution in [2.75, 3.05) is 7.11 Å². The molecule has 0 aromatic heterocycles. The normalized spacial score (nSPS) is 10.4. The molecular weight excluding hydrogens is 200 g/mol. The van der Waals surface area contributed by atoms with Crippen molar-refractivity contribution in [3.63, 3.8) is 0 Å². The summed E-state index contributed by atoms with van der Waals surface area (Å²) >= 11 is 5.89. The largest absolute Gasteiger partial charge is 0.465 e. The second-order valence-corrected chi connectivity index (χ2v) is 3.86. The number of ether oxygens (including phenoxy) is 1. The van der Waals surface area contributed by atoms with E-state index in [0.717, 1.165) is 5.56 Å². The van der Waals surface area contributed by atoms with Gasteiger partial charge >= 0.3 is 5.97 Å². The van der Waals surface area contributed by atoms with Gasteiger partial charge in [-0.3, -0.25) is 0 Å². The van der Waals surface area contributed by atoms with E-state index < -0.39 is 0 Å². The quantitative estimate of drug-likeness (QED) is 0.704. The van der Waals surface area contributed by atoms with Crippen LogP contribution >= 0.6 is 11.6 Å². The molecular formula is C11H13ClO2. The minimum atomic E-state index is -0.352. The number of rotatable bonds is 2. The minimum Gasteiger partial charge on any atom is -0.465 e. The van der Waals surface area contributed by atoms with Crippen molar-refractivity contribution < 1.29 is 9.53 Å². The molecule has 0 heterocycles. The van der Waals surface area contributed by atoms with Crippen molar-refractivity contribution in [2.24, 2.45) is 0 Å². The van der Waals surface area contributed by atoms with E-state index in [2.05, 4.69) is 4.74 Å². The third-order valence-electron chi connectivity index (χ3n) is 2.01. The Bertz CT molecular complexity index is 345. The van der Waals surface area contributed by atoms with Crippen LogP contribution in [0.1, 0.15) is 35.7 Å². The molecule has 76 valence electrons. The minimum absolute atomic E-state index is 0.345. The highest BCUT2D eigenvalue weighted by molar-refractivity contribution is 6.31. The zero-order chi connectivity index (χ0) is 10.7. The number of esters is 1. The Morgan fingerprint density at radius 2 is 2.00 bits per heavy atom. The summed E-state index contributed by atoms with van der Waals surface area (Å²) in [4.78, 5) is 11.3. The monoisotopic (exact) mass is 212 g/mol. The van der Waals surface area contributed by atoms with Gasteiger partial charge in [0.2, 0.25) is 0 Å². The standard InChI is InChI=1S/C11H13ClO2/c1-7(2)8-4-9(11(13)14-3)6-10(12)5-8/h4-7H,1-3H3. The maximum absolute atomic E-state index is 11.3. The fourth-order valence-electron chi connectivity index (χ4n) is 1.18. The first kappa shape index (κ1) is 11.1. The summed E-state index contributed by atoms with van der Waals surface area (Å²) in [5.41, 5.74) is 1.54. The second-order valence-electron chi connectivity index (χ2n) is 3.42. The molecule has 0 saturated carbocycles. The van der Waals surface area contributed by atoms with E-state index in [-0.39, 0.29) is 5.97 Å². The summed E-state index contributed by atoms with van der Waals surface area (Å²) in [6, 6.07) is 5.28. The van der Waals surface area contributed by atoms with Gasteiger partial charge in [0.25, 0.3) is 0 Å². The summed E-state index contributed by atoms with van der Waals surface area (Å²) < 4.78 is 4.63. The lowest BCUT2D eigenvalue weighted by atomic mass is 10.0. The third-order valence-corrected chi connectivity index (χ3v) is 2.23. The van der Waals surface area contributed by atoms with Gasteiger partial charge < -0.3 is 4.74 Å². The molecule has 0 bridgehead atoms. The van der Waals surface area contributed by atoms with Crippen LogP contribution in [0.25, 0.3) is 0 Å². The van der Waals surface area contributed by atoms with Gasteiger partial charge in [-0.25, -0.2) is 4.79 Å². The van der Waals surface area contributed by atoms with Crippen molar-refractivity contribution >= 4 is 17.6 Å². The first-order chi connectivity index (χ1) is 6.54. The Kier molecular flexibility index (Phi) is 3.53. The highest BCUT2D eigenvalue weighted by Gasteiger charge is 2.09. The van der Waals surface area contributed by atoms with E-state index in [1.54, 1.807) is 6.07 Å². The maximum Gasteiger partial charge on any atom is 0.337 e. The van der Waals surface area contributed by atoms with Gasteiger partial charge in [0.15, 0.2) is 0 Å². The smallest absolute Gasteiger partial charge is 0.337 e. The van der Waals surface area contributed by atoms with E-state index in [1.807, 2.05) is 26.0 Å². The number of hydrogen-bond donors (Lipinski definition) is 0. The summed E-state index contributed by atoms with van der Waals surface area (Å²) in [5.74, 6) is -0.00786. The molecule has 1 aromatic rings. The van der Waals surface area contributed by atoms with E-state index in [1.165, 1.54) is 7.11 Å². The van der Waals surface area contributed by atoms with Crippen molar-refractivity contribution in [1.82, 2.24) is 0 Å². The van der Waals surface area contributed by atoms with Crippen LogP contribution in [0.2, 0.25) is 5.02 Å². The van der Waals surface area contributed by atoms with Crippen molar-refractivity contribution in [3.05, 3.63) is 34.3 Å². The van der Waals surface area contributed by atoms with Crippen LogP contribution < -0.4 is 0 Å². The lowest BCUT2D eigenvalue weighted by Crippen LogP contribution is -2.02. The molecule has 0 spiro atoms. The lowest BCUT2D eigenvalue weighted by Gasteiger charge is -2.08. The molecule has 3 heteroatoms. The van der Waals surface area contributed by atoms with Gasteiger partial charge in [-0.2, -0.15) is 0 Å². The van der Waals surface area contributed by atoms with Crippen LogP contribution in [0, 0.1) is 0 Å². The van der Waals surface area contributed by atoms with Crippen LogP contribution in [0.4, 0.5) is 0 Å². The zero-order valence-corrected chi connectivity index (χ0v) is 9.26. The molecule has 0 radical (unpaired) electrons. The predicted octanol–water partition coefficient (Wildman–Crippen LogP) is 3.25. The molecule has 0 fully saturated rings. The number of methoxy groups -OCH3 is 1. The third kappa shape index (κ3) is 2.48. The Morgan fingerprint density at radius 3 is 2.50 bits per heavy atom. The molecule has 0 saturated heterocycles. The predicted molar refractivity (Wildman–Crippen MR) is 56.9 cm³/mol.